The predicted molar refractivity (Wildman–Crippen MR) is 89.3 cm³/mol. The molecule has 0 saturated heterocycles. The zero-order chi connectivity index (χ0) is 16.5. The lowest BCUT2D eigenvalue weighted by molar-refractivity contribution is 0.0919. The van der Waals surface area contributed by atoms with Crippen molar-refractivity contribution in [3.05, 3.63) is 51.9 Å². The second-order valence-corrected chi connectivity index (χ2v) is 7.04. The summed E-state index contributed by atoms with van der Waals surface area (Å²) in [6.45, 7) is 7.46. The monoisotopic (exact) mass is 364 g/mol. The van der Waals surface area contributed by atoms with Crippen LogP contribution in [0.4, 0.5) is 4.39 Å². The van der Waals surface area contributed by atoms with Crippen LogP contribution in [0.2, 0.25) is 0 Å². The largest absolute Gasteiger partial charge is 0.347 e. The zero-order valence-electron chi connectivity index (χ0n) is 13.0. The van der Waals surface area contributed by atoms with E-state index in [1.165, 1.54) is 6.07 Å². The smallest absolute Gasteiger partial charge is 0.251 e. The molecule has 0 spiro atoms. The summed E-state index contributed by atoms with van der Waals surface area (Å²) in [4.78, 5) is 16.7. The Kier molecular flexibility index (Phi) is 4.66. The first-order valence-electron chi connectivity index (χ1n) is 6.92. The van der Waals surface area contributed by atoms with Crippen LogP contribution in [-0.2, 0) is 0 Å². The zero-order valence-corrected chi connectivity index (χ0v) is 14.6. The van der Waals surface area contributed by atoms with Gasteiger partial charge in [-0.05, 0) is 79.5 Å². The fourth-order valence-electron chi connectivity index (χ4n) is 1.99. The Hall–Kier alpha value is -1.75. The first kappa shape index (κ1) is 16.6. The molecule has 1 amide bonds. The Bertz CT molecular complexity index is 723. The van der Waals surface area contributed by atoms with E-state index in [1.807, 2.05) is 20.8 Å². The summed E-state index contributed by atoms with van der Waals surface area (Å²) < 4.78 is 14.0. The SMILES string of the molecule is Cc1cc(-c2cc(C(=O)NC(C)(C)C)cc(Br)n2)ccc1F. The number of nitrogens with zero attached hydrogens (tertiary/aromatic N) is 1. The molecule has 22 heavy (non-hydrogen) atoms. The molecule has 1 aromatic heterocycles. The van der Waals surface area contributed by atoms with Gasteiger partial charge in [-0.3, -0.25) is 4.79 Å². The molecule has 0 unspecified atom stereocenters. The van der Waals surface area contributed by atoms with Crippen LogP contribution in [0.5, 0.6) is 0 Å². The van der Waals surface area contributed by atoms with Crippen molar-refractivity contribution in [2.45, 2.75) is 33.2 Å². The molecule has 0 aliphatic rings. The van der Waals surface area contributed by atoms with Crippen LogP contribution in [-0.4, -0.2) is 16.4 Å². The van der Waals surface area contributed by atoms with Crippen molar-refractivity contribution < 1.29 is 9.18 Å². The molecule has 0 aliphatic heterocycles. The van der Waals surface area contributed by atoms with Gasteiger partial charge in [0.15, 0.2) is 0 Å². The molecule has 3 nitrogen and oxygen atoms in total. The van der Waals surface area contributed by atoms with Crippen LogP contribution in [0.25, 0.3) is 11.3 Å². The summed E-state index contributed by atoms with van der Waals surface area (Å²) in [7, 11) is 0. The number of benzene rings is 1. The Morgan fingerprint density at radius 1 is 1.23 bits per heavy atom. The highest BCUT2D eigenvalue weighted by Crippen LogP contribution is 2.24. The summed E-state index contributed by atoms with van der Waals surface area (Å²) >= 11 is 3.33. The number of halogens is 2. The van der Waals surface area contributed by atoms with E-state index in [0.29, 0.717) is 21.4 Å². The maximum Gasteiger partial charge on any atom is 0.251 e. The Labute approximate surface area is 138 Å². The van der Waals surface area contributed by atoms with E-state index in [2.05, 4.69) is 26.2 Å². The highest BCUT2D eigenvalue weighted by atomic mass is 79.9. The lowest BCUT2D eigenvalue weighted by Crippen LogP contribution is -2.40. The molecule has 1 heterocycles. The van der Waals surface area contributed by atoms with Gasteiger partial charge in [-0.1, -0.05) is 0 Å². The maximum absolute atomic E-state index is 13.4. The van der Waals surface area contributed by atoms with Gasteiger partial charge in [-0.2, -0.15) is 0 Å². The van der Waals surface area contributed by atoms with Crippen molar-refractivity contribution in [2.24, 2.45) is 0 Å². The molecule has 0 bridgehead atoms. The van der Waals surface area contributed by atoms with Gasteiger partial charge in [-0.25, -0.2) is 9.37 Å². The minimum atomic E-state index is -0.320. The summed E-state index contributed by atoms with van der Waals surface area (Å²) in [5.41, 5.74) is 2.12. The van der Waals surface area contributed by atoms with Gasteiger partial charge in [0.25, 0.3) is 5.91 Å². The number of nitrogens with one attached hydrogen (secondary N) is 1. The van der Waals surface area contributed by atoms with Crippen LogP contribution >= 0.6 is 15.9 Å². The first-order valence-corrected chi connectivity index (χ1v) is 7.72. The van der Waals surface area contributed by atoms with Gasteiger partial charge in [-0.15, -0.1) is 0 Å². The number of carbonyl (C=O) groups is 1. The van der Waals surface area contributed by atoms with Crippen molar-refractivity contribution in [1.82, 2.24) is 10.3 Å². The average molecular weight is 365 g/mol. The molecule has 0 atom stereocenters. The van der Waals surface area contributed by atoms with E-state index in [4.69, 9.17) is 0 Å². The summed E-state index contributed by atoms with van der Waals surface area (Å²) in [5.74, 6) is -0.430. The minimum Gasteiger partial charge on any atom is -0.347 e. The molecular weight excluding hydrogens is 347 g/mol. The second-order valence-electron chi connectivity index (χ2n) is 6.23. The lowest BCUT2D eigenvalue weighted by Gasteiger charge is -2.20. The Morgan fingerprint density at radius 3 is 2.50 bits per heavy atom. The molecule has 2 rings (SSSR count). The third-order valence-electron chi connectivity index (χ3n) is 3.00. The number of carbonyl (C=O) groups excluding carboxylic acids is 1. The quantitative estimate of drug-likeness (QED) is 0.797. The van der Waals surface area contributed by atoms with Crippen molar-refractivity contribution in [2.75, 3.05) is 0 Å². The molecular formula is C17H18BrFN2O. The van der Waals surface area contributed by atoms with E-state index in [9.17, 15) is 9.18 Å². The van der Waals surface area contributed by atoms with Crippen molar-refractivity contribution in [3.63, 3.8) is 0 Å². The van der Waals surface area contributed by atoms with E-state index in [0.717, 1.165) is 5.56 Å². The summed E-state index contributed by atoms with van der Waals surface area (Å²) in [6.07, 6.45) is 0. The molecule has 0 fully saturated rings. The van der Waals surface area contributed by atoms with Crippen molar-refractivity contribution in [3.8, 4) is 11.3 Å². The molecule has 0 radical (unpaired) electrons. The average Bonchev–Trinajstić information content (AvgIpc) is 2.39. The first-order chi connectivity index (χ1) is 10.2. The van der Waals surface area contributed by atoms with Gasteiger partial charge in [0.05, 0.1) is 5.69 Å². The van der Waals surface area contributed by atoms with Crippen LogP contribution in [0, 0.1) is 12.7 Å². The van der Waals surface area contributed by atoms with Crippen molar-refractivity contribution in [1.29, 1.82) is 0 Å². The van der Waals surface area contributed by atoms with Crippen LogP contribution in [0.15, 0.2) is 34.9 Å². The van der Waals surface area contributed by atoms with Crippen LogP contribution in [0.1, 0.15) is 36.7 Å². The van der Waals surface area contributed by atoms with Crippen LogP contribution < -0.4 is 5.32 Å². The number of amides is 1. The molecule has 1 N–H and O–H groups in total. The number of hydrogen-bond acceptors (Lipinski definition) is 2. The molecule has 0 saturated carbocycles. The van der Waals surface area contributed by atoms with E-state index in [1.54, 1.807) is 31.2 Å². The molecule has 0 aliphatic carbocycles. The molecule has 2 aromatic rings. The van der Waals surface area contributed by atoms with E-state index < -0.39 is 0 Å². The van der Waals surface area contributed by atoms with Crippen molar-refractivity contribution >= 4 is 21.8 Å². The number of aromatic nitrogens is 1. The highest BCUT2D eigenvalue weighted by Gasteiger charge is 2.17. The van der Waals surface area contributed by atoms with Gasteiger partial charge in [0, 0.05) is 16.7 Å². The number of hydrogen-bond donors (Lipinski definition) is 1. The summed E-state index contributed by atoms with van der Waals surface area (Å²) in [6, 6.07) is 8.15. The van der Waals surface area contributed by atoms with Gasteiger partial charge in [0.1, 0.15) is 10.4 Å². The maximum atomic E-state index is 13.4. The standard InChI is InChI=1S/C17H18BrFN2O/c1-10-7-11(5-6-13(10)19)14-8-12(9-15(18)20-14)16(22)21-17(2,3)4/h5-9H,1-4H3,(H,21,22). The number of rotatable bonds is 2. The topological polar surface area (TPSA) is 42.0 Å². The fourth-order valence-corrected chi connectivity index (χ4v) is 2.43. The highest BCUT2D eigenvalue weighted by molar-refractivity contribution is 9.10. The number of pyridine rings is 1. The second kappa shape index (κ2) is 6.16. The minimum absolute atomic E-state index is 0.171. The third-order valence-corrected chi connectivity index (χ3v) is 3.40. The van der Waals surface area contributed by atoms with E-state index >= 15 is 0 Å². The molecule has 5 heteroatoms. The van der Waals surface area contributed by atoms with Crippen LogP contribution in [0.3, 0.4) is 0 Å². The Balaban J connectivity index is 2.42. The van der Waals surface area contributed by atoms with Gasteiger partial charge < -0.3 is 5.32 Å². The van der Waals surface area contributed by atoms with Gasteiger partial charge in [0.2, 0.25) is 0 Å². The molecule has 116 valence electrons. The third kappa shape index (κ3) is 4.13. The van der Waals surface area contributed by atoms with Gasteiger partial charge >= 0.3 is 0 Å². The normalized spacial score (nSPS) is 11.4. The number of aryl methyl sites for hydroxylation is 1. The van der Waals surface area contributed by atoms with E-state index in [-0.39, 0.29) is 17.3 Å². The summed E-state index contributed by atoms with van der Waals surface area (Å²) in [5, 5.41) is 2.91. The Morgan fingerprint density at radius 2 is 1.91 bits per heavy atom. The molecule has 1 aromatic carbocycles. The lowest BCUT2D eigenvalue weighted by atomic mass is 10.0. The predicted octanol–water partition coefficient (Wildman–Crippen LogP) is 4.49. The fraction of sp³-hybridized carbons (Fsp3) is 0.294.